The maximum Gasteiger partial charge on any atom is 0.251 e. The van der Waals surface area contributed by atoms with Crippen LogP contribution in [0.5, 0.6) is 5.75 Å². The van der Waals surface area contributed by atoms with Crippen LogP contribution in [0.3, 0.4) is 0 Å². The van der Waals surface area contributed by atoms with Crippen LogP contribution < -0.4 is 15.8 Å². The highest BCUT2D eigenvalue weighted by atomic mass is 32.2. The summed E-state index contributed by atoms with van der Waals surface area (Å²) in [7, 11) is 1.55. The molecule has 1 heterocycles. The third-order valence-corrected chi connectivity index (χ3v) is 4.21. The molecular formula is C13H18N2O2S. The number of carbonyl (C=O) groups is 1. The van der Waals surface area contributed by atoms with Crippen molar-refractivity contribution in [3.8, 4) is 5.75 Å². The first-order chi connectivity index (χ1) is 8.70. The second kappa shape index (κ2) is 6.00. The van der Waals surface area contributed by atoms with Gasteiger partial charge in [-0.05, 0) is 36.8 Å². The van der Waals surface area contributed by atoms with Crippen molar-refractivity contribution in [2.24, 2.45) is 0 Å². The van der Waals surface area contributed by atoms with Gasteiger partial charge in [0.2, 0.25) is 0 Å². The summed E-state index contributed by atoms with van der Waals surface area (Å²) < 4.78 is 5.12. The minimum Gasteiger partial charge on any atom is -0.495 e. The molecule has 0 spiro atoms. The summed E-state index contributed by atoms with van der Waals surface area (Å²) in [4.78, 5) is 12.1. The molecule has 98 valence electrons. The lowest BCUT2D eigenvalue weighted by Crippen LogP contribution is -2.38. The van der Waals surface area contributed by atoms with E-state index in [0.717, 1.165) is 12.2 Å². The van der Waals surface area contributed by atoms with E-state index in [1.54, 1.807) is 25.3 Å². The Morgan fingerprint density at radius 1 is 1.56 bits per heavy atom. The monoisotopic (exact) mass is 266 g/mol. The molecule has 2 rings (SSSR count). The number of methoxy groups -OCH3 is 1. The lowest BCUT2D eigenvalue weighted by atomic mass is 10.1. The van der Waals surface area contributed by atoms with Crippen molar-refractivity contribution in [1.82, 2.24) is 5.32 Å². The number of nitrogens with two attached hydrogens (primary N) is 1. The maximum absolute atomic E-state index is 12.1. The molecular weight excluding hydrogens is 248 g/mol. The van der Waals surface area contributed by atoms with E-state index in [9.17, 15) is 4.79 Å². The van der Waals surface area contributed by atoms with E-state index in [1.807, 2.05) is 11.8 Å². The van der Waals surface area contributed by atoms with Gasteiger partial charge in [-0.1, -0.05) is 0 Å². The molecule has 1 amide bonds. The van der Waals surface area contributed by atoms with Crippen LogP contribution >= 0.6 is 11.8 Å². The molecule has 1 fully saturated rings. The van der Waals surface area contributed by atoms with Crippen molar-refractivity contribution in [3.05, 3.63) is 23.8 Å². The Morgan fingerprint density at radius 3 is 3.06 bits per heavy atom. The van der Waals surface area contributed by atoms with Crippen LogP contribution in [0.2, 0.25) is 0 Å². The average molecular weight is 266 g/mol. The molecule has 1 aliphatic heterocycles. The first kappa shape index (κ1) is 13.1. The fourth-order valence-corrected chi connectivity index (χ4v) is 3.05. The SMILES string of the molecule is COc1cc(C(=O)NC2CCCSC2)ccc1N. The Morgan fingerprint density at radius 2 is 2.39 bits per heavy atom. The highest BCUT2D eigenvalue weighted by Crippen LogP contribution is 2.23. The number of anilines is 1. The third kappa shape index (κ3) is 3.10. The summed E-state index contributed by atoms with van der Waals surface area (Å²) in [6.45, 7) is 0. The molecule has 1 aromatic carbocycles. The van der Waals surface area contributed by atoms with Crippen LogP contribution in [0.4, 0.5) is 5.69 Å². The van der Waals surface area contributed by atoms with Gasteiger partial charge >= 0.3 is 0 Å². The highest BCUT2D eigenvalue weighted by molar-refractivity contribution is 7.99. The molecule has 1 aliphatic rings. The first-order valence-electron chi connectivity index (χ1n) is 6.03. The van der Waals surface area contributed by atoms with Gasteiger partial charge in [-0.15, -0.1) is 0 Å². The van der Waals surface area contributed by atoms with Crippen LogP contribution in [0.25, 0.3) is 0 Å². The fraction of sp³-hybridized carbons (Fsp3) is 0.462. The van der Waals surface area contributed by atoms with Crippen molar-refractivity contribution in [2.45, 2.75) is 18.9 Å². The zero-order chi connectivity index (χ0) is 13.0. The second-order valence-corrected chi connectivity index (χ2v) is 5.49. The van der Waals surface area contributed by atoms with E-state index in [2.05, 4.69) is 5.32 Å². The number of amides is 1. The minimum absolute atomic E-state index is 0.0548. The van der Waals surface area contributed by atoms with Gasteiger partial charge in [0.05, 0.1) is 12.8 Å². The van der Waals surface area contributed by atoms with Crippen LogP contribution in [0.15, 0.2) is 18.2 Å². The van der Waals surface area contributed by atoms with Crippen LogP contribution in [0.1, 0.15) is 23.2 Å². The molecule has 18 heavy (non-hydrogen) atoms. The highest BCUT2D eigenvalue weighted by Gasteiger charge is 2.17. The Balaban J connectivity index is 2.03. The molecule has 1 atom stereocenters. The van der Waals surface area contributed by atoms with Crippen LogP contribution in [-0.2, 0) is 0 Å². The lowest BCUT2D eigenvalue weighted by Gasteiger charge is -2.22. The first-order valence-corrected chi connectivity index (χ1v) is 7.18. The number of benzene rings is 1. The Labute approximate surface area is 111 Å². The summed E-state index contributed by atoms with van der Waals surface area (Å²) in [5, 5.41) is 3.05. The van der Waals surface area contributed by atoms with Crippen molar-refractivity contribution in [3.63, 3.8) is 0 Å². The van der Waals surface area contributed by atoms with E-state index in [1.165, 1.54) is 12.2 Å². The number of ether oxygens (including phenoxy) is 1. The lowest BCUT2D eigenvalue weighted by molar-refractivity contribution is 0.0938. The Hall–Kier alpha value is -1.36. The van der Waals surface area contributed by atoms with Crippen molar-refractivity contribution >= 4 is 23.4 Å². The topological polar surface area (TPSA) is 64.3 Å². The molecule has 5 heteroatoms. The van der Waals surface area contributed by atoms with Gasteiger partial charge in [0, 0.05) is 17.4 Å². The van der Waals surface area contributed by atoms with E-state index in [4.69, 9.17) is 10.5 Å². The summed E-state index contributed by atoms with van der Waals surface area (Å²) in [5.41, 5.74) is 6.86. The van der Waals surface area contributed by atoms with Gasteiger partial charge in [-0.2, -0.15) is 11.8 Å². The van der Waals surface area contributed by atoms with Gasteiger partial charge in [0.1, 0.15) is 5.75 Å². The number of rotatable bonds is 3. The molecule has 1 unspecified atom stereocenters. The predicted octanol–water partition coefficient (Wildman–Crippen LogP) is 1.90. The number of nitrogen functional groups attached to an aromatic ring is 1. The molecule has 0 aromatic heterocycles. The van der Waals surface area contributed by atoms with Gasteiger partial charge < -0.3 is 15.8 Å². The summed E-state index contributed by atoms with van der Waals surface area (Å²) >= 11 is 1.89. The number of thioether (sulfide) groups is 1. The number of nitrogens with one attached hydrogen (secondary N) is 1. The zero-order valence-electron chi connectivity index (χ0n) is 10.4. The Bertz CT molecular complexity index is 431. The standard InChI is InChI=1S/C13H18N2O2S/c1-17-12-7-9(4-5-11(12)14)13(16)15-10-3-2-6-18-8-10/h4-5,7,10H,2-3,6,8,14H2,1H3,(H,15,16). The average Bonchev–Trinajstić information content (AvgIpc) is 2.40. The summed E-state index contributed by atoms with van der Waals surface area (Å²) in [6, 6.07) is 5.38. The minimum atomic E-state index is -0.0548. The maximum atomic E-state index is 12.1. The van der Waals surface area contributed by atoms with Gasteiger partial charge in [0.15, 0.2) is 0 Å². The van der Waals surface area contributed by atoms with Crippen molar-refractivity contribution in [1.29, 1.82) is 0 Å². The normalized spacial score (nSPS) is 19.3. The molecule has 1 saturated heterocycles. The van der Waals surface area contributed by atoms with Crippen molar-refractivity contribution in [2.75, 3.05) is 24.3 Å². The molecule has 4 nitrogen and oxygen atoms in total. The third-order valence-electron chi connectivity index (χ3n) is 2.99. The molecule has 3 N–H and O–H groups in total. The van der Waals surface area contributed by atoms with E-state index in [-0.39, 0.29) is 11.9 Å². The molecule has 0 bridgehead atoms. The van der Waals surface area contributed by atoms with E-state index in [0.29, 0.717) is 17.0 Å². The molecule has 0 radical (unpaired) electrons. The Kier molecular flexibility index (Phi) is 4.36. The van der Waals surface area contributed by atoms with Gasteiger partial charge in [0.25, 0.3) is 5.91 Å². The van der Waals surface area contributed by atoms with E-state index >= 15 is 0 Å². The largest absolute Gasteiger partial charge is 0.495 e. The van der Waals surface area contributed by atoms with Crippen molar-refractivity contribution < 1.29 is 9.53 Å². The number of hydrogen-bond donors (Lipinski definition) is 2. The van der Waals surface area contributed by atoms with E-state index < -0.39 is 0 Å². The smallest absolute Gasteiger partial charge is 0.251 e. The number of hydrogen-bond acceptors (Lipinski definition) is 4. The molecule has 0 saturated carbocycles. The van der Waals surface area contributed by atoms with Crippen LogP contribution in [0, 0.1) is 0 Å². The zero-order valence-corrected chi connectivity index (χ0v) is 11.3. The molecule has 1 aromatic rings. The molecule has 0 aliphatic carbocycles. The number of carbonyl (C=O) groups excluding carboxylic acids is 1. The van der Waals surface area contributed by atoms with Crippen LogP contribution in [-0.4, -0.2) is 30.6 Å². The summed E-state index contributed by atoms with van der Waals surface area (Å²) in [5.74, 6) is 2.68. The summed E-state index contributed by atoms with van der Waals surface area (Å²) in [6.07, 6.45) is 2.23. The van der Waals surface area contributed by atoms with Gasteiger partial charge in [-0.25, -0.2) is 0 Å². The predicted molar refractivity (Wildman–Crippen MR) is 75.2 cm³/mol. The van der Waals surface area contributed by atoms with Gasteiger partial charge in [-0.3, -0.25) is 4.79 Å². The second-order valence-electron chi connectivity index (χ2n) is 4.34. The quantitative estimate of drug-likeness (QED) is 0.820. The fourth-order valence-electron chi connectivity index (χ4n) is 1.98.